The first-order chi connectivity index (χ1) is 9.20. The van der Waals surface area contributed by atoms with Crippen LogP contribution in [0.2, 0.25) is 0 Å². The van der Waals surface area contributed by atoms with Crippen molar-refractivity contribution in [2.75, 3.05) is 0 Å². The van der Waals surface area contributed by atoms with Crippen LogP contribution >= 0.6 is 0 Å². The zero-order chi connectivity index (χ0) is 13.8. The third-order valence-corrected chi connectivity index (χ3v) is 3.41. The highest BCUT2D eigenvalue weighted by Crippen LogP contribution is 2.27. The quantitative estimate of drug-likeness (QED) is 0.677. The molecule has 0 aliphatic carbocycles. The van der Waals surface area contributed by atoms with Crippen LogP contribution < -0.4 is 0 Å². The fourth-order valence-electron chi connectivity index (χ4n) is 2.31. The lowest BCUT2D eigenvalue weighted by atomic mass is 10.1. The predicted octanol–water partition coefficient (Wildman–Crippen LogP) is 4.94. The average molecular weight is 249 g/mol. The van der Waals surface area contributed by atoms with Gasteiger partial charge in [0.15, 0.2) is 0 Å². The zero-order valence-electron chi connectivity index (χ0n) is 11.6. The first-order valence-corrected chi connectivity index (χ1v) is 6.39. The van der Waals surface area contributed by atoms with Gasteiger partial charge in [-0.25, -0.2) is 0 Å². The van der Waals surface area contributed by atoms with E-state index >= 15 is 0 Å². The molecule has 0 fully saturated rings. The lowest BCUT2D eigenvalue weighted by Gasteiger charge is -2.10. The van der Waals surface area contributed by atoms with E-state index in [-0.39, 0.29) is 0 Å². The van der Waals surface area contributed by atoms with Crippen molar-refractivity contribution in [3.8, 4) is 5.69 Å². The van der Waals surface area contributed by atoms with Crippen LogP contribution in [0.25, 0.3) is 17.8 Å². The van der Waals surface area contributed by atoms with E-state index in [1.54, 1.807) is 6.08 Å². The Bertz CT molecular complexity index is 627. The molecule has 1 heteroatoms. The Labute approximate surface area is 115 Å². The second kappa shape index (κ2) is 5.57. The van der Waals surface area contributed by atoms with Crippen LogP contribution in [0.15, 0.2) is 55.6 Å². The second-order valence-electron chi connectivity index (χ2n) is 4.49. The van der Waals surface area contributed by atoms with E-state index < -0.39 is 0 Å². The highest BCUT2D eigenvalue weighted by molar-refractivity contribution is 5.66. The van der Waals surface area contributed by atoms with E-state index in [1.807, 2.05) is 30.4 Å². The van der Waals surface area contributed by atoms with Crippen molar-refractivity contribution in [1.29, 1.82) is 0 Å². The molecule has 0 unspecified atom stereocenters. The maximum absolute atomic E-state index is 3.95. The van der Waals surface area contributed by atoms with Gasteiger partial charge in [-0.3, -0.25) is 0 Å². The Morgan fingerprint density at radius 2 is 1.58 bits per heavy atom. The fourth-order valence-corrected chi connectivity index (χ4v) is 2.31. The number of rotatable bonds is 4. The molecule has 96 valence electrons. The lowest BCUT2D eigenvalue weighted by Crippen LogP contribution is -1.99. The smallest absolute Gasteiger partial charge is 0.0494 e. The molecule has 2 rings (SSSR count). The second-order valence-corrected chi connectivity index (χ2v) is 4.49. The Morgan fingerprint density at radius 1 is 0.947 bits per heavy atom. The molecule has 0 bridgehead atoms. The van der Waals surface area contributed by atoms with Crippen LogP contribution in [-0.2, 0) is 0 Å². The van der Waals surface area contributed by atoms with E-state index in [9.17, 15) is 0 Å². The van der Waals surface area contributed by atoms with E-state index in [0.29, 0.717) is 0 Å². The summed E-state index contributed by atoms with van der Waals surface area (Å²) >= 11 is 0. The normalized spacial score (nSPS) is 10.8. The van der Waals surface area contributed by atoms with Gasteiger partial charge >= 0.3 is 0 Å². The molecule has 0 radical (unpaired) electrons. The van der Waals surface area contributed by atoms with Crippen LogP contribution in [0, 0.1) is 13.8 Å². The summed E-state index contributed by atoms with van der Waals surface area (Å²) in [6.07, 6.45) is 7.77. The minimum Gasteiger partial charge on any atom is -0.310 e. The molecular weight excluding hydrogens is 230 g/mol. The summed E-state index contributed by atoms with van der Waals surface area (Å²) in [6.45, 7) is 12.0. The van der Waals surface area contributed by atoms with Gasteiger partial charge in [0.1, 0.15) is 0 Å². The standard InChI is InChI=1S/C18H19N/c1-5-7-13-18-15(4)14(3)17(6-2)19(18)16-11-9-8-10-12-16/h5-13H,1-2H2,3-4H3/b13-7-. The van der Waals surface area contributed by atoms with Crippen molar-refractivity contribution in [1.82, 2.24) is 4.57 Å². The zero-order valence-corrected chi connectivity index (χ0v) is 11.6. The molecule has 2 aromatic rings. The molecule has 0 spiro atoms. The molecule has 0 saturated heterocycles. The molecule has 0 aliphatic heterocycles. The molecule has 0 atom stereocenters. The van der Waals surface area contributed by atoms with Gasteiger partial charge in [-0.05, 0) is 49.3 Å². The number of allylic oxidation sites excluding steroid dienone is 2. The van der Waals surface area contributed by atoms with Crippen LogP contribution in [0.1, 0.15) is 22.5 Å². The van der Waals surface area contributed by atoms with Crippen LogP contribution in [0.5, 0.6) is 0 Å². The molecule has 0 amide bonds. The average Bonchev–Trinajstić information content (AvgIpc) is 2.69. The SMILES string of the molecule is C=C/C=C\c1c(C)c(C)c(C=C)n1-c1ccccc1. The van der Waals surface area contributed by atoms with Crippen molar-refractivity contribution >= 4 is 12.2 Å². The topological polar surface area (TPSA) is 4.93 Å². The first-order valence-electron chi connectivity index (χ1n) is 6.39. The molecule has 1 aromatic carbocycles. The predicted molar refractivity (Wildman–Crippen MR) is 84.6 cm³/mol. The minimum absolute atomic E-state index is 1.15. The molecule has 1 nitrogen and oxygen atoms in total. The lowest BCUT2D eigenvalue weighted by molar-refractivity contribution is 1.04. The van der Waals surface area contributed by atoms with Crippen molar-refractivity contribution < 1.29 is 0 Å². The summed E-state index contributed by atoms with van der Waals surface area (Å²) in [5.74, 6) is 0. The van der Waals surface area contributed by atoms with Crippen molar-refractivity contribution in [2.24, 2.45) is 0 Å². The van der Waals surface area contributed by atoms with Crippen molar-refractivity contribution in [3.63, 3.8) is 0 Å². The van der Waals surface area contributed by atoms with Crippen LogP contribution in [-0.4, -0.2) is 4.57 Å². The number of para-hydroxylation sites is 1. The summed E-state index contributed by atoms with van der Waals surface area (Å²) in [5, 5.41) is 0. The molecule has 19 heavy (non-hydrogen) atoms. The Kier molecular flexibility index (Phi) is 3.86. The highest BCUT2D eigenvalue weighted by atomic mass is 15.0. The summed E-state index contributed by atoms with van der Waals surface area (Å²) in [4.78, 5) is 0. The third kappa shape index (κ3) is 2.32. The number of aromatic nitrogens is 1. The van der Waals surface area contributed by atoms with Gasteiger partial charge in [-0.1, -0.05) is 43.5 Å². The van der Waals surface area contributed by atoms with E-state index in [0.717, 1.165) is 11.4 Å². The van der Waals surface area contributed by atoms with E-state index in [1.165, 1.54) is 16.8 Å². The molecule has 0 N–H and O–H groups in total. The summed E-state index contributed by atoms with van der Waals surface area (Å²) in [5.41, 5.74) is 6.02. The molecule has 0 aliphatic rings. The van der Waals surface area contributed by atoms with Gasteiger partial charge in [-0.15, -0.1) is 0 Å². The van der Waals surface area contributed by atoms with Crippen molar-refractivity contribution in [3.05, 3.63) is 78.2 Å². The monoisotopic (exact) mass is 249 g/mol. The fraction of sp³-hybridized carbons (Fsp3) is 0.111. The number of nitrogens with zero attached hydrogens (tertiary/aromatic N) is 1. The summed E-state index contributed by atoms with van der Waals surface area (Å²) < 4.78 is 2.23. The number of hydrogen-bond donors (Lipinski definition) is 0. The Morgan fingerprint density at radius 3 is 2.16 bits per heavy atom. The van der Waals surface area contributed by atoms with Gasteiger partial charge in [0.25, 0.3) is 0 Å². The minimum atomic E-state index is 1.15. The largest absolute Gasteiger partial charge is 0.310 e. The van der Waals surface area contributed by atoms with Gasteiger partial charge in [0.2, 0.25) is 0 Å². The maximum Gasteiger partial charge on any atom is 0.0494 e. The molecule has 1 aromatic heterocycles. The van der Waals surface area contributed by atoms with E-state index in [4.69, 9.17) is 0 Å². The molecule has 0 saturated carbocycles. The van der Waals surface area contributed by atoms with E-state index in [2.05, 4.69) is 49.8 Å². The van der Waals surface area contributed by atoms with Crippen LogP contribution in [0.3, 0.4) is 0 Å². The summed E-state index contributed by atoms with van der Waals surface area (Å²) in [6, 6.07) is 10.3. The van der Waals surface area contributed by atoms with Gasteiger partial charge in [-0.2, -0.15) is 0 Å². The number of benzene rings is 1. The third-order valence-electron chi connectivity index (χ3n) is 3.41. The Balaban J connectivity index is 2.76. The van der Waals surface area contributed by atoms with Gasteiger partial charge in [0, 0.05) is 17.1 Å². The first kappa shape index (κ1) is 13.2. The Hall–Kier alpha value is -2.28. The molecular formula is C18H19N. The van der Waals surface area contributed by atoms with Gasteiger partial charge in [0.05, 0.1) is 0 Å². The maximum atomic E-state index is 3.95. The molecule has 1 heterocycles. The van der Waals surface area contributed by atoms with Crippen LogP contribution in [0.4, 0.5) is 0 Å². The number of hydrogen-bond acceptors (Lipinski definition) is 0. The highest BCUT2D eigenvalue weighted by Gasteiger charge is 2.14. The van der Waals surface area contributed by atoms with Gasteiger partial charge < -0.3 is 4.57 Å². The summed E-state index contributed by atoms with van der Waals surface area (Å²) in [7, 11) is 0. The van der Waals surface area contributed by atoms with Crippen molar-refractivity contribution in [2.45, 2.75) is 13.8 Å².